The largest absolute Gasteiger partial charge is 0.418 e. The molecular weight excluding hydrogens is 441 g/mol. The summed E-state index contributed by atoms with van der Waals surface area (Å²) in [4.78, 5) is 12.5. The molecule has 2 N–H and O–H groups in total. The lowest BCUT2D eigenvalue weighted by Gasteiger charge is -2.15. The summed E-state index contributed by atoms with van der Waals surface area (Å²) < 4.78 is 68.2. The van der Waals surface area contributed by atoms with E-state index in [4.69, 9.17) is 0 Å². The first-order chi connectivity index (χ1) is 14.9. The lowest BCUT2D eigenvalue weighted by atomic mass is 10.1. The molecule has 3 aromatic carbocycles. The van der Waals surface area contributed by atoms with Gasteiger partial charge in [-0.1, -0.05) is 30.3 Å². The van der Waals surface area contributed by atoms with Gasteiger partial charge in [0.25, 0.3) is 15.9 Å². The van der Waals surface area contributed by atoms with E-state index in [-0.39, 0.29) is 10.5 Å². The number of amides is 1. The second-order valence-corrected chi connectivity index (χ2v) is 9.05. The van der Waals surface area contributed by atoms with E-state index in [2.05, 4.69) is 10.0 Å². The van der Waals surface area contributed by atoms with Crippen molar-refractivity contribution in [3.8, 4) is 0 Å². The number of benzene rings is 3. The Hall–Kier alpha value is -3.33. The van der Waals surface area contributed by atoms with Crippen LogP contribution in [0, 0.1) is 20.8 Å². The van der Waals surface area contributed by atoms with E-state index in [1.165, 1.54) is 24.3 Å². The lowest BCUT2D eigenvalue weighted by molar-refractivity contribution is -0.136. The number of rotatable bonds is 5. The maximum atomic E-state index is 13.2. The van der Waals surface area contributed by atoms with Crippen molar-refractivity contribution < 1.29 is 26.4 Å². The van der Waals surface area contributed by atoms with Gasteiger partial charge in [-0.3, -0.25) is 9.52 Å². The molecule has 9 heteroatoms. The molecular formula is C23H21F3N2O3S. The third kappa shape index (κ3) is 5.11. The molecule has 0 aromatic heterocycles. The average molecular weight is 462 g/mol. The Morgan fingerprint density at radius 3 is 2.19 bits per heavy atom. The van der Waals surface area contributed by atoms with Gasteiger partial charge >= 0.3 is 6.18 Å². The third-order valence-electron chi connectivity index (χ3n) is 4.86. The van der Waals surface area contributed by atoms with Crippen LogP contribution in [0.3, 0.4) is 0 Å². The zero-order valence-electron chi connectivity index (χ0n) is 17.5. The second kappa shape index (κ2) is 8.66. The number of alkyl halides is 3. The molecule has 0 bridgehead atoms. The van der Waals surface area contributed by atoms with Crippen molar-refractivity contribution in [2.45, 2.75) is 31.8 Å². The Kier molecular flexibility index (Phi) is 6.32. The van der Waals surface area contributed by atoms with Crippen molar-refractivity contribution >= 4 is 27.3 Å². The van der Waals surface area contributed by atoms with Crippen LogP contribution in [0.15, 0.2) is 65.6 Å². The van der Waals surface area contributed by atoms with Gasteiger partial charge in [0.1, 0.15) is 0 Å². The van der Waals surface area contributed by atoms with E-state index in [1.54, 1.807) is 26.0 Å². The van der Waals surface area contributed by atoms with Gasteiger partial charge in [-0.2, -0.15) is 13.2 Å². The highest BCUT2D eigenvalue weighted by molar-refractivity contribution is 7.92. The van der Waals surface area contributed by atoms with Crippen molar-refractivity contribution in [3.05, 3.63) is 88.5 Å². The average Bonchev–Trinajstić information content (AvgIpc) is 2.70. The Balaban J connectivity index is 1.94. The Morgan fingerprint density at radius 1 is 0.844 bits per heavy atom. The molecule has 1 amide bonds. The SMILES string of the molecule is Cc1ccc(C)c(NS(=O)(=O)c2cc(C(=O)Nc3ccccc3C(F)(F)F)ccc2C)c1. The summed E-state index contributed by atoms with van der Waals surface area (Å²) in [6.45, 7) is 5.15. The number of carbonyl (C=O) groups excluding carboxylic acids is 1. The van der Waals surface area contributed by atoms with Crippen LogP contribution in [-0.2, 0) is 16.2 Å². The number of halogens is 3. The summed E-state index contributed by atoms with van der Waals surface area (Å²) in [5.74, 6) is -0.857. The maximum absolute atomic E-state index is 13.2. The van der Waals surface area contributed by atoms with Gasteiger partial charge in [-0.05, 0) is 67.8 Å². The molecule has 168 valence electrons. The van der Waals surface area contributed by atoms with Crippen molar-refractivity contribution in [1.82, 2.24) is 0 Å². The minimum absolute atomic E-state index is 0.0890. The van der Waals surface area contributed by atoms with Gasteiger partial charge in [0.05, 0.1) is 21.8 Å². The Labute approximate surface area is 184 Å². The Bertz CT molecular complexity index is 1290. The number of anilines is 2. The number of hydrogen-bond donors (Lipinski definition) is 2. The van der Waals surface area contributed by atoms with E-state index in [9.17, 15) is 26.4 Å². The molecule has 0 aliphatic rings. The molecule has 32 heavy (non-hydrogen) atoms. The minimum atomic E-state index is -4.65. The fourth-order valence-electron chi connectivity index (χ4n) is 3.11. The van der Waals surface area contributed by atoms with Crippen molar-refractivity contribution in [1.29, 1.82) is 0 Å². The van der Waals surface area contributed by atoms with Crippen molar-refractivity contribution in [2.24, 2.45) is 0 Å². The van der Waals surface area contributed by atoms with Gasteiger partial charge in [-0.15, -0.1) is 0 Å². The zero-order valence-corrected chi connectivity index (χ0v) is 18.4. The van der Waals surface area contributed by atoms with E-state index in [0.717, 1.165) is 29.3 Å². The summed E-state index contributed by atoms with van der Waals surface area (Å²) in [7, 11) is -4.05. The number of carbonyl (C=O) groups is 1. The Morgan fingerprint density at radius 2 is 1.50 bits per heavy atom. The lowest BCUT2D eigenvalue weighted by Crippen LogP contribution is -2.19. The summed E-state index contributed by atoms with van der Waals surface area (Å²) in [5.41, 5.74) is 0.867. The maximum Gasteiger partial charge on any atom is 0.418 e. The molecule has 0 radical (unpaired) electrons. The molecule has 0 heterocycles. The molecule has 0 atom stereocenters. The second-order valence-electron chi connectivity index (χ2n) is 7.40. The van der Waals surface area contributed by atoms with Gasteiger partial charge in [-0.25, -0.2) is 8.42 Å². The molecule has 0 saturated carbocycles. The van der Waals surface area contributed by atoms with Crippen LogP contribution in [0.5, 0.6) is 0 Å². The summed E-state index contributed by atoms with van der Waals surface area (Å²) in [6.07, 6.45) is -4.65. The number of para-hydroxylation sites is 1. The number of sulfonamides is 1. The molecule has 3 aromatic rings. The van der Waals surface area contributed by atoms with E-state index >= 15 is 0 Å². The van der Waals surface area contributed by atoms with Crippen LogP contribution >= 0.6 is 0 Å². The highest BCUT2D eigenvalue weighted by Gasteiger charge is 2.33. The van der Waals surface area contributed by atoms with Gasteiger partial charge in [0.15, 0.2) is 0 Å². The van der Waals surface area contributed by atoms with E-state index < -0.39 is 33.4 Å². The fraction of sp³-hybridized carbons (Fsp3) is 0.174. The molecule has 5 nitrogen and oxygen atoms in total. The van der Waals surface area contributed by atoms with Gasteiger partial charge in [0.2, 0.25) is 0 Å². The smallest absolute Gasteiger partial charge is 0.321 e. The molecule has 0 saturated heterocycles. The van der Waals surface area contributed by atoms with Crippen LogP contribution < -0.4 is 10.0 Å². The molecule has 0 fully saturated rings. The normalized spacial score (nSPS) is 11.8. The van der Waals surface area contributed by atoms with Gasteiger partial charge in [0, 0.05) is 5.56 Å². The van der Waals surface area contributed by atoms with Crippen molar-refractivity contribution in [2.75, 3.05) is 10.0 Å². The van der Waals surface area contributed by atoms with Crippen LogP contribution in [0.2, 0.25) is 0 Å². The highest BCUT2D eigenvalue weighted by atomic mass is 32.2. The molecule has 0 aliphatic carbocycles. The quantitative estimate of drug-likeness (QED) is 0.512. The molecule has 0 aliphatic heterocycles. The highest BCUT2D eigenvalue weighted by Crippen LogP contribution is 2.35. The summed E-state index contributed by atoms with van der Waals surface area (Å²) in [6, 6.07) is 13.8. The zero-order chi connectivity index (χ0) is 23.7. The summed E-state index contributed by atoms with van der Waals surface area (Å²) >= 11 is 0. The van der Waals surface area contributed by atoms with E-state index in [0.29, 0.717) is 11.3 Å². The topological polar surface area (TPSA) is 75.3 Å². The first kappa shape index (κ1) is 23.3. The van der Waals surface area contributed by atoms with Crippen molar-refractivity contribution in [3.63, 3.8) is 0 Å². The first-order valence-corrected chi connectivity index (χ1v) is 11.0. The first-order valence-electron chi connectivity index (χ1n) is 9.57. The molecule has 3 rings (SSSR count). The monoisotopic (exact) mass is 462 g/mol. The van der Waals surface area contributed by atoms with Crippen LogP contribution in [-0.4, -0.2) is 14.3 Å². The minimum Gasteiger partial charge on any atom is -0.321 e. The molecule has 0 spiro atoms. The van der Waals surface area contributed by atoms with Crippen LogP contribution in [0.25, 0.3) is 0 Å². The van der Waals surface area contributed by atoms with Gasteiger partial charge < -0.3 is 5.32 Å². The predicted octanol–water partition coefficient (Wildman–Crippen LogP) is 5.68. The van der Waals surface area contributed by atoms with E-state index in [1.807, 2.05) is 13.0 Å². The third-order valence-corrected chi connectivity index (χ3v) is 6.37. The number of hydrogen-bond acceptors (Lipinski definition) is 3. The molecule has 0 unspecified atom stereocenters. The summed E-state index contributed by atoms with van der Waals surface area (Å²) in [5, 5.41) is 2.22. The van der Waals surface area contributed by atoms with Crippen LogP contribution in [0.1, 0.15) is 32.6 Å². The van der Waals surface area contributed by atoms with Crippen LogP contribution in [0.4, 0.5) is 24.5 Å². The predicted molar refractivity (Wildman–Crippen MR) is 117 cm³/mol. The fourth-order valence-corrected chi connectivity index (χ4v) is 4.50. The number of aryl methyl sites for hydroxylation is 3. The standard InChI is InChI=1S/C23H21F3N2O3S/c1-14-8-9-15(2)20(12-14)28-32(30,31)21-13-17(11-10-16(21)3)22(29)27-19-7-5-4-6-18(19)23(24,25)26/h4-13,28H,1-3H3,(H,27,29). The number of nitrogens with one attached hydrogen (secondary N) is 2.